The number of amides is 2. The van der Waals surface area contributed by atoms with E-state index in [-0.39, 0.29) is 11.8 Å². The van der Waals surface area contributed by atoms with Crippen molar-refractivity contribution in [1.29, 1.82) is 0 Å². The van der Waals surface area contributed by atoms with Crippen LogP contribution in [0.1, 0.15) is 73.1 Å². The number of benzene rings is 4. The van der Waals surface area contributed by atoms with Crippen LogP contribution in [0.3, 0.4) is 0 Å². The summed E-state index contributed by atoms with van der Waals surface area (Å²) < 4.78 is 11.6. The molecular formula is C36H40N2O4S2. The van der Waals surface area contributed by atoms with Crippen molar-refractivity contribution in [2.75, 3.05) is 23.8 Å². The first-order valence-corrected chi connectivity index (χ1v) is 17.3. The van der Waals surface area contributed by atoms with Gasteiger partial charge in [-0.25, -0.2) is 0 Å². The molecule has 0 bridgehead atoms. The summed E-state index contributed by atoms with van der Waals surface area (Å²) in [5, 5.41) is 5.98. The Morgan fingerprint density at radius 1 is 0.545 bits per heavy atom. The second-order valence-corrected chi connectivity index (χ2v) is 12.4. The highest BCUT2D eigenvalue weighted by atomic mass is 33.1. The number of unbranched alkanes of at least 4 members (excludes halogenated alkanes) is 4. The van der Waals surface area contributed by atoms with Crippen LogP contribution in [0.25, 0.3) is 0 Å². The third kappa shape index (κ3) is 10.4. The number of rotatable bonds is 17. The van der Waals surface area contributed by atoms with Crippen molar-refractivity contribution in [2.45, 2.75) is 62.2 Å². The lowest BCUT2D eigenvalue weighted by Gasteiger charge is -2.12. The van der Waals surface area contributed by atoms with E-state index < -0.39 is 0 Å². The number of carbonyl (C=O) groups is 2. The van der Waals surface area contributed by atoms with Crippen molar-refractivity contribution < 1.29 is 19.1 Å². The van der Waals surface area contributed by atoms with Gasteiger partial charge in [-0.1, -0.05) is 85.4 Å². The third-order valence-electron chi connectivity index (χ3n) is 6.74. The quantitative estimate of drug-likeness (QED) is 0.0895. The van der Waals surface area contributed by atoms with Gasteiger partial charge in [-0.2, -0.15) is 0 Å². The Morgan fingerprint density at radius 3 is 1.32 bits per heavy atom. The topological polar surface area (TPSA) is 76.7 Å². The van der Waals surface area contributed by atoms with Crippen molar-refractivity contribution in [1.82, 2.24) is 0 Å². The van der Waals surface area contributed by atoms with Crippen molar-refractivity contribution in [3.63, 3.8) is 0 Å². The van der Waals surface area contributed by atoms with E-state index in [0.29, 0.717) is 35.7 Å². The average Bonchev–Trinajstić information content (AvgIpc) is 3.06. The molecule has 4 rings (SSSR count). The van der Waals surface area contributed by atoms with Gasteiger partial charge in [-0.3, -0.25) is 9.59 Å². The molecule has 0 unspecified atom stereocenters. The van der Waals surface area contributed by atoms with E-state index in [1.165, 1.54) is 21.6 Å². The van der Waals surface area contributed by atoms with Crippen LogP contribution in [-0.4, -0.2) is 25.0 Å². The van der Waals surface area contributed by atoms with Gasteiger partial charge in [-0.15, -0.1) is 0 Å². The van der Waals surface area contributed by atoms with Gasteiger partial charge in [0.15, 0.2) is 0 Å². The smallest absolute Gasteiger partial charge is 0.256 e. The zero-order valence-electron chi connectivity index (χ0n) is 25.3. The van der Waals surface area contributed by atoms with Gasteiger partial charge >= 0.3 is 0 Å². The van der Waals surface area contributed by atoms with Gasteiger partial charge in [0.2, 0.25) is 0 Å². The predicted octanol–water partition coefficient (Wildman–Crippen LogP) is 10.1. The normalized spacial score (nSPS) is 10.7. The molecule has 0 heterocycles. The van der Waals surface area contributed by atoms with Gasteiger partial charge in [0.25, 0.3) is 11.8 Å². The number of anilines is 2. The first kappa shape index (κ1) is 33.0. The highest BCUT2D eigenvalue weighted by Crippen LogP contribution is 2.40. The third-order valence-corrected chi connectivity index (χ3v) is 9.22. The molecule has 0 radical (unpaired) electrons. The molecule has 4 aromatic carbocycles. The minimum atomic E-state index is -0.200. The molecule has 0 atom stereocenters. The Bertz CT molecular complexity index is 1360. The SMILES string of the molecule is CCCCCOc1ccc(NC(=O)c2ccccc2SSc2ccccc2C(=O)Nc2ccc(OCCCCC)cc2)cc1. The summed E-state index contributed by atoms with van der Waals surface area (Å²) in [5.74, 6) is 1.18. The number of hydrogen-bond donors (Lipinski definition) is 2. The maximum Gasteiger partial charge on any atom is 0.256 e. The maximum atomic E-state index is 13.2. The van der Waals surface area contributed by atoms with E-state index in [9.17, 15) is 9.59 Å². The van der Waals surface area contributed by atoms with Crippen LogP contribution in [-0.2, 0) is 0 Å². The standard InChI is InChI=1S/C36H40N2O4S2/c1-3-5-11-25-41-29-21-17-27(18-22-29)37-35(39)31-13-7-9-15-33(31)43-44-34-16-10-8-14-32(34)36(40)38-28-19-23-30(24-20-28)42-26-12-6-4-2/h7-10,13-24H,3-6,11-12,25-26H2,1-2H3,(H,37,39)(H,38,40). The summed E-state index contributed by atoms with van der Waals surface area (Å²) in [6.45, 7) is 5.71. The Morgan fingerprint density at radius 2 is 0.932 bits per heavy atom. The Kier molecular flexibility index (Phi) is 13.5. The van der Waals surface area contributed by atoms with E-state index in [0.717, 1.165) is 59.8 Å². The van der Waals surface area contributed by atoms with Gasteiger partial charge < -0.3 is 20.1 Å². The van der Waals surface area contributed by atoms with Crippen molar-refractivity contribution in [3.8, 4) is 11.5 Å². The fourth-order valence-corrected chi connectivity index (χ4v) is 6.65. The number of nitrogens with one attached hydrogen (secondary N) is 2. The minimum absolute atomic E-state index is 0.200. The van der Waals surface area contributed by atoms with E-state index >= 15 is 0 Å². The first-order chi connectivity index (χ1) is 21.6. The summed E-state index contributed by atoms with van der Waals surface area (Å²) in [6.07, 6.45) is 6.65. The van der Waals surface area contributed by atoms with Gasteiger partial charge in [0.1, 0.15) is 11.5 Å². The molecule has 44 heavy (non-hydrogen) atoms. The van der Waals surface area contributed by atoms with Crippen LogP contribution in [0.2, 0.25) is 0 Å². The van der Waals surface area contributed by atoms with Crippen LogP contribution in [0.5, 0.6) is 11.5 Å². The lowest BCUT2D eigenvalue weighted by molar-refractivity contribution is 0.101. The van der Waals surface area contributed by atoms with E-state index in [1.54, 1.807) is 12.1 Å². The van der Waals surface area contributed by atoms with Gasteiger partial charge in [-0.05, 0) is 85.6 Å². The lowest BCUT2D eigenvalue weighted by atomic mass is 10.2. The number of carbonyl (C=O) groups excluding carboxylic acids is 2. The fraction of sp³-hybridized carbons (Fsp3) is 0.278. The molecule has 2 N–H and O–H groups in total. The highest BCUT2D eigenvalue weighted by Gasteiger charge is 2.16. The number of ether oxygens (including phenoxy) is 2. The molecule has 0 aliphatic carbocycles. The molecule has 230 valence electrons. The molecule has 4 aromatic rings. The summed E-state index contributed by atoms with van der Waals surface area (Å²) in [7, 11) is 2.89. The van der Waals surface area contributed by atoms with Crippen LogP contribution < -0.4 is 20.1 Å². The molecular weight excluding hydrogens is 589 g/mol. The minimum Gasteiger partial charge on any atom is -0.494 e. The molecule has 0 aliphatic heterocycles. The van der Waals surface area contributed by atoms with E-state index in [4.69, 9.17) is 9.47 Å². The molecule has 0 saturated carbocycles. The predicted molar refractivity (Wildman–Crippen MR) is 183 cm³/mol. The van der Waals surface area contributed by atoms with Crippen molar-refractivity contribution >= 4 is 44.8 Å². The van der Waals surface area contributed by atoms with Crippen molar-refractivity contribution in [2.24, 2.45) is 0 Å². The molecule has 0 saturated heterocycles. The second kappa shape index (κ2) is 18.0. The van der Waals surface area contributed by atoms with E-state index in [2.05, 4.69) is 24.5 Å². The molecule has 2 amide bonds. The number of hydrogen-bond acceptors (Lipinski definition) is 6. The molecule has 0 aromatic heterocycles. The molecule has 8 heteroatoms. The van der Waals surface area contributed by atoms with Crippen LogP contribution in [0, 0.1) is 0 Å². The average molecular weight is 629 g/mol. The summed E-state index contributed by atoms with van der Waals surface area (Å²) in [4.78, 5) is 28.1. The largest absolute Gasteiger partial charge is 0.494 e. The molecule has 6 nitrogen and oxygen atoms in total. The Balaban J connectivity index is 1.35. The van der Waals surface area contributed by atoms with Crippen LogP contribution in [0.4, 0.5) is 11.4 Å². The lowest BCUT2D eigenvalue weighted by Crippen LogP contribution is -2.13. The Hall–Kier alpha value is -3.88. The van der Waals surface area contributed by atoms with Crippen LogP contribution >= 0.6 is 21.6 Å². The molecule has 0 spiro atoms. The summed E-state index contributed by atoms with van der Waals surface area (Å²) >= 11 is 0. The van der Waals surface area contributed by atoms with E-state index in [1.807, 2.05) is 84.9 Å². The molecule has 0 fully saturated rings. The summed E-state index contributed by atoms with van der Waals surface area (Å²) in [6, 6.07) is 29.8. The first-order valence-electron chi connectivity index (χ1n) is 15.2. The van der Waals surface area contributed by atoms with Crippen LogP contribution in [0.15, 0.2) is 107 Å². The monoisotopic (exact) mass is 628 g/mol. The summed E-state index contributed by atoms with van der Waals surface area (Å²) in [5.41, 5.74) is 2.51. The second-order valence-electron chi connectivity index (χ2n) is 10.2. The zero-order chi connectivity index (χ0) is 31.0. The zero-order valence-corrected chi connectivity index (χ0v) is 27.0. The fourth-order valence-electron chi connectivity index (χ4n) is 4.29. The highest BCUT2D eigenvalue weighted by molar-refractivity contribution is 8.76. The van der Waals surface area contributed by atoms with Gasteiger partial charge in [0.05, 0.1) is 24.3 Å². The Labute approximate surface area is 268 Å². The molecule has 0 aliphatic rings. The van der Waals surface area contributed by atoms with Crippen molar-refractivity contribution in [3.05, 3.63) is 108 Å². The van der Waals surface area contributed by atoms with Gasteiger partial charge in [0, 0.05) is 21.2 Å². The maximum absolute atomic E-state index is 13.2.